The Balaban J connectivity index is 1.54. The van der Waals surface area contributed by atoms with Crippen molar-refractivity contribution in [3.63, 3.8) is 0 Å². The van der Waals surface area contributed by atoms with Crippen LogP contribution < -0.4 is 5.32 Å². The summed E-state index contributed by atoms with van der Waals surface area (Å²) in [5.74, 6) is 0.468. The van der Waals surface area contributed by atoms with Crippen LogP contribution in [0.2, 0.25) is 0 Å². The number of hydrogen-bond donors (Lipinski definition) is 1. The normalized spacial score (nSPS) is 31.5. The van der Waals surface area contributed by atoms with Gasteiger partial charge in [0.15, 0.2) is 12.0 Å². The van der Waals surface area contributed by atoms with E-state index in [1.54, 1.807) is 12.3 Å². The largest absolute Gasteiger partial charge is 0.442 e. The van der Waals surface area contributed by atoms with Crippen molar-refractivity contribution in [3.05, 3.63) is 24.4 Å². The lowest BCUT2D eigenvalue weighted by Gasteiger charge is -2.49. The van der Waals surface area contributed by atoms with E-state index >= 15 is 0 Å². The van der Waals surface area contributed by atoms with Gasteiger partial charge in [0.25, 0.3) is 5.91 Å². The van der Waals surface area contributed by atoms with Crippen molar-refractivity contribution >= 4 is 17.0 Å². The van der Waals surface area contributed by atoms with Gasteiger partial charge in [0.05, 0.1) is 6.20 Å². The summed E-state index contributed by atoms with van der Waals surface area (Å²) in [5.41, 5.74) is 1.67. The molecule has 0 radical (unpaired) electrons. The van der Waals surface area contributed by atoms with Gasteiger partial charge in [-0.25, -0.2) is 9.97 Å². The van der Waals surface area contributed by atoms with E-state index in [4.69, 9.17) is 4.42 Å². The fourth-order valence-electron chi connectivity index (χ4n) is 3.66. The molecule has 110 valence electrons. The fourth-order valence-corrected chi connectivity index (χ4v) is 3.66. The maximum absolute atomic E-state index is 12.4. The smallest absolute Gasteiger partial charge is 0.270 e. The highest BCUT2D eigenvalue weighted by molar-refractivity contribution is 5.95. The third-order valence-corrected chi connectivity index (χ3v) is 4.93. The van der Waals surface area contributed by atoms with Gasteiger partial charge in [0.2, 0.25) is 0 Å². The Kier molecular flexibility index (Phi) is 2.92. The van der Waals surface area contributed by atoms with Crippen LogP contribution in [0.15, 0.2) is 23.1 Å². The van der Waals surface area contributed by atoms with Crippen LogP contribution in [0.3, 0.4) is 0 Å². The highest BCUT2D eigenvalue weighted by atomic mass is 16.3. The number of pyridine rings is 1. The van der Waals surface area contributed by atoms with Crippen LogP contribution in [-0.2, 0) is 0 Å². The van der Waals surface area contributed by atoms with Gasteiger partial charge in [-0.1, -0.05) is 0 Å². The number of rotatable bonds is 2. The summed E-state index contributed by atoms with van der Waals surface area (Å²) in [6.45, 7) is 4.51. The molecule has 2 bridgehead atoms. The molecule has 0 aromatic carbocycles. The second kappa shape index (κ2) is 4.80. The summed E-state index contributed by atoms with van der Waals surface area (Å²) < 4.78 is 5.15. The molecule has 1 N–H and O–H groups in total. The van der Waals surface area contributed by atoms with Gasteiger partial charge in [-0.2, -0.15) is 0 Å². The molecule has 5 heterocycles. The molecule has 2 atom stereocenters. The molecule has 6 nitrogen and oxygen atoms in total. The molecule has 3 saturated heterocycles. The first-order valence-electron chi connectivity index (χ1n) is 7.46. The van der Waals surface area contributed by atoms with Crippen LogP contribution >= 0.6 is 0 Å². The minimum absolute atomic E-state index is 0.120. The number of oxazole rings is 1. The zero-order chi connectivity index (χ0) is 14.4. The Morgan fingerprint density at radius 3 is 2.95 bits per heavy atom. The van der Waals surface area contributed by atoms with E-state index in [1.165, 1.54) is 19.2 Å². The molecule has 2 aromatic heterocycles. The summed E-state index contributed by atoms with van der Waals surface area (Å²) >= 11 is 0. The topological polar surface area (TPSA) is 71.3 Å². The van der Waals surface area contributed by atoms with Crippen molar-refractivity contribution in [3.8, 4) is 0 Å². The lowest BCUT2D eigenvalue weighted by Crippen LogP contribution is -2.62. The Morgan fingerprint density at radius 1 is 1.38 bits per heavy atom. The number of nitrogens with zero attached hydrogens (tertiary/aromatic N) is 3. The average molecular weight is 286 g/mol. The van der Waals surface area contributed by atoms with Gasteiger partial charge in [0, 0.05) is 12.1 Å². The van der Waals surface area contributed by atoms with E-state index in [1.807, 2.05) is 0 Å². The summed E-state index contributed by atoms with van der Waals surface area (Å²) in [6.07, 6.45) is 5.26. The Bertz CT molecular complexity index is 673. The molecule has 5 rings (SSSR count). The van der Waals surface area contributed by atoms with Crippen LogP contribution in [0, 0.1) is 5.92 Å². The van der Waals surface area contributed by atoms with Gasteiger partial charge < -0.3 is 9.73 Å². The Morgan fingerprint density at radius 2 is 2.19 bits per heavy atom. The monoisotopic (exact) mass is 286 g/mol. The number of amides is 1. The van der Waals surface area contributed by atoms with E-state index in [0.717, 1.165) is 13.1 Å². The molecule has 0 unspecified atom stereocenters. The molecular weight excluding hydrogens is 268 g/mol. The van der Waals surface area contributed by atoms with Crippen molar-refractivity contribution in [2.45, 2.75) is 31.8 Å². The van der Waals surface area contributed by atoms with E-state index in [2.05, 4.69) is 27.1 Å². The number of piperidine rings is 3. The molecular formula is C15H18N4O2. The van der Waals surface area contributed by atoms with Crippen LogP contribution in [0.4, 0.5) is 0 Å². The number of nitrogens with one attached hydrogen (secondary N) is 1. The first kappa shape index (κ1) is 12.8. The molecule has 1 amide bonds. The molecule has 3 aliphatic heterocycles. The SMILES string of the molecule is C[C@@H]1[C@H](NC(=O)c2cc3ncoc3cn2)C2CCN1CC2. The van der Waals surface area contributed by atoms with Crippen LogP contribution in [0.5, 0.6) is 0 Å². The number of carbonyl (C=O) groups is 1. The maximum Gasteiger partial charge on any atom is 0.270 e. The maximum atomic E-state index is 12.4. The second-order valence-electron chi connectivity index (χ2n) is 6.00. The molecule has 0 saturated carbocycles. The van der Waals surface area contributed by atoms with Gasteiger partial charge in [-0.05, 0) is 44.8 Å². The molecule has 2 aromatic rings. The predicted molar refractivity (Wildman–Crippen MR) is 76.8 cm³/mol. The van der Waals surface area contributed by atoms with Gasteiger partial charge in [-0.3, -0.25) is 9.69 Å². The lowest BCUT2D eigenvalue weighted by molar-refractivity contribution is 0.0216. The average Bonchev–Trinajstić information content (AvgIpc) is 2.98. The second-order valence-corrected chi connectivity index (χ2v) is 6.00. The zero-order valence-corrected chi connectivity index (χ0v) is 12.0. The van der Waals surface area contributed by atoms with E-state index in [0.29, 0.717) is 28.8 Å². The van der Waals surface area contributed by atoms with Crippen LogP contribution in [0.25, 0.3) is 11.1 Å². The highest BCUT2D eigenvalue weighted by Crippen LogP contribution is 2.32. The van der Waals surface area contributed by atoms with E-state index in [-0.39, 0.29) is 11.9 Å². The molecule has 21 heavy (non-hydrogen) atoms. The minimum atomic E-state index is -0.120. The summed E-state index contributed by atoms with van der Waals surface area (Å²) in [7, 11) is 0. The quantitative estimate of drug-likeness (QED) is 0.904. The zero-order valence-electron chi connectivity index (χ0n) is 12.0. The van der Waals surface area contributed by atoms with Crippen LogP contribution in [0.1, 0.15) is 30.3 Å². The number of carbonyl (C=O) groups excluding carboxylic acids is 1. The minimum Gasteiger partial charge on any atom is -0.442 e. The van der Waals surface area contributed by atoms with Gasteiger partial charge in [-0.15, -0.1) is 0 Å². The van der Waals surface area contributed by atoms with Crippen molar-refractivity contribution in [2.24, 2.45) is 5.92 Å². The number of fused-ring (bicyclic) bond motifs is 4. The third kappa shape index (κ3) is 2.10. The van der Waals surface area contributed by atoms with Crippen LogP contribution in [-0.4, -0.2) is 45.9 Å². The Hall–Kier alpha value is -1.95. The van der Waals surface area contributed by atoms with Crippen molar-refractivity contribution < 1.29 is 9.21 Å². The molecule has 6 heteroatoms. The van der Waals surface area contributed by atoms with E-state index in [9.17, 15) is 4.79 Å². The van der Waals surface area contributed by atoms with Crippen molar-refractivity contribution in [1.29, 1.82) is 0 Å². The molecule has 3 fully saturated rings. The first-order valence-corrected chi connectivity index (χ1v) is 7.46. The van der Waals surface area contributed by atoms with Gasteiger partial charge in [0.1, 0.15) is 11.2 Å². The standard InChI is InChI=1S/C15H18N4O2/c1-9-14(10-2-4-19(9)5-3-10)18-15(20)12-6-11-13(7-16-12)21-8-17-11/h6-10,14H,2-5H2,1H3,(H,18,20)/t9-,14+/m1/s1. The first-order chi connectivity index (χ1) is 10.2. The lowest BCUT2D eigenvalue weighted by atomic mass is 9.79. The third-order valence-electron chi connectivity index (χ3n) is 4.93. The Labute approximate surface area is 122 Å². The summed E-state index contributed by atoms with van der Waals surface area (Å²) in [5, 5.41) is 3.17. The summed E-state index contributed by atoms with van der Waals surface area (Å²) in [4.78, 5) is 23.1. The van der Waals surface area contributed by atoms with Crippen molar-refractivity contribution in [1.82, 2.24) is 20.2 Å². The van der Waals surface area contributed by atoms with E-state index < -0.39 is 0 Å². The predicted octanol–water partition coefficient (Wildman–Crippen LogP) is 1.44. The highest BCUT2D eigenvalue weighted by Gasteiger charge is 2.40. The molecule has 0 spiro atoms. The van der Waals surface area contributed by atoms with Crippen molar-refractivity contribution in [2.75, 3.05) is 13.1 Å². The molecule has 3 aliphatic rings. The number of hydrogen-bond acceptors (Lipinski definition) is 5. The number of aromatic nitrogens is 2. The molecule has 0 aliphatic carbocycles. The fraction of sp³-hybridized carbons (Fsp3) is 0.533. The summed E-state index contributed by atoms with van der Waals surface area (Å²) in [6, 6.07) is 2.30. The van der Waals surface area contributed by atoms with Gasteiger partial charge >= 0.3 is 0 Å².